The molecule has 0 N–H and O–H groups in total. The predicted octanol–water partition coefficient (Wildman–Crippen LogP) is 0.958. The molecule has 11 heavy (non-hydrogen) atoms. The van der Waals surface area contributed by atoms with Gasteiger partial charge in [0.2, 0.25) is 0 Å². The summed E-state index contributed by atoms with van der Waals surface area (Å²) in [5.74, 6) is -0.412. The number of carbonyl (C=O) groups is 2. The van der Waals surface area contributed by atoms with Crippen molar-refractivity contribution in [2.75, 3.05) is 6.54 Å². The van der Waals surface area contributed by atoms with Crippen molar-refractivity contribution in [3.8, 4) is 0 Å². The lowest BCUT2D eigenvalue weighted by Gasteiger charge is -2.08. The summed E-state index contributed by atoms with van der Waals surface area (Å²) in [6.45, 7) is 6.23. The van der Waals surface area contributed by atoms with Crippen LogP contribution in [0.1, 0.15) is 20.8 Å². The highest BCUT2D eigenvalue weighted by Gasteiger charge is 2.20. The Hall–Kier alpha value is -1.12. The van der Waals surface area contributed by atoms with E-state index in [-0.39, 0.29) is 11.8 Å². The fraction of sp³-hybridized carbons (Fsp3) is 0.500. The molecular weight excluding hydrogens is 142 g/mol. The monoisotopic (exact) mass is 155 g/mol. The van der Waals surface area contributed by atoms with Crippen LogP contribution < -0.4 is 0 Å². The van der Waals surface area contributed by atoms with Gasteiger partial charge in [0.15, 0.2) is 0 Å². The number of carbonyl (C=O) groups excluding carboxylic acids is 2. The molecule has 2 amide bonds. The van der Waals surface area contributed by atoms with Crippen molar-refractivity contribution in [3.05, 3.63) is 12.2 Å². The molecule has 1 rings (SSSR count). The molecule has 0 fully saturated rings. The van der Waals surface area contributed by atoms with E-state index < -0.39 is 0 Å². The van der Waals surface area contributed by atoms with Crippen LogP contribution in [0.3, 0.4) is 0 Å². The zero-order valence-corrected chi connectivity index (χ0v) is 7.13. The molecule has 0 saturated carbocycles. The van der Waals surface area contributed by atoms with Gasteiger partial charge in [-0.2, -0.15) is 0 Å². The Labute approximate surface area is 66.7 Å². The summed E-state index contributed by atoms with van der Waals surface area (Å²) < 4.78 is 0. The van der Waals surface area contributed by atoms with E-state index in [1.165, 1.54) is 17.1 Å². The highest BCUT2D eigenvalue weighted by Crippen LogP contribution is 2.00. The molecule has 1 heterocycles. The summed E-state index contributed by atoms with van der Waals surface area (Å²) >= 11 is 0. The molecule has 1 aliphatic rings. The molecule has 0 radical (unpaired) electrons. The van der Waals surface area contributed by atoms with Crippen LogP contribution in [0.25, 0.3) is 0 Å². The Morgan fingerprint density at radius 1 is 1.18 bits per heavy atom. The number of imide groups is 1. The van der Waals surface area contributed by atoms with E-state index in [2.05, 4.69) is 0 Å². The van der Waals surface area contributed by atoms with Gasteiger partial charge in [-0.05, 0) is 6.92 Å². The highest BCUT2D eigenvalue weighted by molar-refractivity contribution is 6.12. The quantitative estimate of drug-likeness (QED) is 0.529. The molecule has 1 aliphatic heterocycles. The zero-order valence-electron chi connectivity index (χ0n) is 7.13. The van der Waals surface area contributed by atoms with Gasteiger partial charge in [0.1, 0.15) is 0 Å². The SMILES string of the molecule is CC.CCN1C(=O)C=CC1=O. The van der Waals surface area contributed by atoms with Gasteiger partial charge in [-0.1, -0.05) is 13.8 Å². The molecular formula is C8H13NO2. The lowest BCUT2D eigenvalue weighted by Crippen LogP contribution is -2.29. The summed E-state index contributed by atoms with van der Waals surface area (Å²) in [4.78, 5) is 22.4. The van der Waals surface area contributed by atoms with E-state index in [1.807, 2.05) is 13.8 Å². The van der Waals surface area contributed by atoms with Crippen LogP contribution in [0, 0.1) is 0 Å². The van der Waals surface area contributed by atoms with Crippen LogP contribution >= 0.6 is 0 Å². The van der Waals surface area contributed by atoms with Crippen molar-refractivity contribution in [1.82, 2.24) is 4.90 Å². The summed E-state index contributed by atoms with van der Waals surface area (Å²) in [6.07, 6.45) is 2.57. The van der Waals surface area contributed by atoms with E-state index in [0.29, 0.717) is 6.54 Å². The summed E-state index contributed by atoms with van der Waals surface area (Å²) in [5.41, 5.74) is 0. The molecule has 0 saturated heterocycles. The Balaban J connectivity index is 0.000000461. The van der Waals surface area contributed by atoms with Gasteiger partial charge < -0.3 is 0 Å². The average molecular weight is 155 g/mol. The van der Waals surface area contributed by atoms with Crippen molar-refractivity contribution >= 4 is 11.8 Å². The fourth-order valence-electron chi connectivity index (χ4n) is 0.743. The number of likely N-dealkylation sites (N-methyl/N-ethyl adjacent to an activating group) is 1. The molecule has 0 aromatic heterocycles. The van der Waals surface area contributed by atoms with Gasteiger partial charge in [-0.25, -0.2) is 0 Å². The third-order valence-electron chi connectivity index (χ3n) is 1.22. The molecule has 0 atom stereocenters. The maximum Gasteiger partial charge on any atom is 0.253 e. The van der Waals surface area contributed by atoms with Crippen molar-refractivity contribution in [1.29, 1.82) is 0 Å². The van der Waals surface area contributed by atoms with E-state index in [1.54, 1.807) is 6.92 Å². The van der Waals surface area contributed by atoms with Crippen molar-refractivity contribution in [3.63, 3.8) is 0 Å². The molecule has 3 heteroatoms. The van der Waals surface area contributed by atoms with Crippen molar-refractivity contribution in [2.24, 2.45) is 0 Å². The number of hydrogen-bond donors (Lipinski definition) is 0. The van der Waals surface area contributed by atoms with Crippen LogP contribution in [0.2, 0.25) is 0 Å². The Morgan fingerprint density at radius 3 is 1.73 bits per heavy atom. The van der Waals surface area contributed by atoms with Gasteiger partial charge in [-0.15, -0.1) is 0 Å². The second kappa shape index (κ2) is 4.66. The summed E-state index contributed by atoms with van der Waals surface area (Å²) in [5, 5.41) is 0. The molecule has 3 nitrogen and oxygen atoms in total. The minimum absolute atomic E-state index is 0.206. The van der Waals surface area contributed by atoms with Crippen LogP contribution in [-0.4, -0.2) is 23.3 Å². The predicted molar refractivity (Wildman–Crippen MR) is 42.9 cm³/mol. The van der Waals surface area contributed by atoms with Crippen LogP contribution in [0.4, 0.5) is 0 Å². The van der Waals surface area contributed by atoms with E-state index in [9.17, 15) is 9.59 Å². The Morgan fingerprint density at radius 2 is 1.55 bits per heavy atom. The van der Waals surface area contributed by atoms with E-state index in [0.717, 1.165) is 0 Å². The normalized spacial score (nSPS) is 15.0. The second-order valence-corrected chi connectivity index (χ2v) is 1.75. The third kappa shape index (κ3) is 2.18. The summed E-state index contributed by atoms with van der Waals surface area (Å²) in [6, 6.07) is 0. The van der Waals surface area contributed by atoms with Crippen molar-refractivity contribution in [2.45, 2.75) is 20.8 Å². The fourth-order valence-corrected chi connectivity index (χ4v) is 0.743. The van der Waals surface area contributed by atoms with E-state index >= 15 is 0 Å². The number of nitrogens with zero attached hydrogens (tertiary/aromatic N) is 1. The molecule has 0 bridgehead atoms. The first-order valence-corrected chi connectivity index (χ1v) is 3.79. The van der Waals surface area contributed by atoms with Crippen LogP contribution in [-0.2, 0) is 9.59 Å². The van der Waals surface area contributed by atoms with Gasteiger partial charge in [0.25, 0.3) is 11.8 Å². The number of amides is 2. The lowest BCUT2D eigenvalue weighted by atomic mass is 10.5. The smallest absolute Gasteiger partial charge is 0.253 e. The van der Waals surface area contributed by atoms with E-state index in [4.69, 9.17) is 0 Å². The highest BCUT2D eigenvalue weighted by atomic mass is 16.2. The second-order valence-electron chi connectivity index (χ2n) is 1.75. The van der Waals surface area contributed by atoms with Crippen LogP contribution in [0.5, 0.6) is 0 Å². The lowest BCUT2D eigenvalue weighted by molar-refractivity contribution is -0.136. The Bertz CT molecular complexity index is 167. The van der Waals surface area contributed by atoms with Gasteiger partial charge in [0, 0.05) is 18.7 Å². The topological polar surface area (TPSA) is 37.4 Å². The maximum atomic E-state index is 10.6. The first kappa shape index (κ1) is 9.88. The molecule has 62 valence electrons. The first-order valence-electron chi connectivity index (χ1n) is 3.79. The third-order valence-corrected chi connectivity index (χ3v) is 1.22. The summed E-state index contributed by atoms with van der Waals surface area (Å²) in [7, 11) is 0. The van der Waals surface area contributed by atoms with Gasteiger partial charge >= 0.3 is 0 Å². The first-order chi connectivity index (χ1) is 5.25. The molecule has 0 aromatic rings. The van der Waals surface area contributed by atoms with Gasteiger partial charge in [-0.3, -0.25) is 14.5 Å². The largest absolute Gasteiger partial charge is 0.276 e. The zero-order chi connectivity index (χ0) is 8.85. The van der Waals surface area contributed by atoms with Gasteiger partial charge in [0.05, 0.1) is 0 Å². The maximum absolute atomic E-state index is 10.6. The standard InChI is InChI=1S/C6H7NO2.C2H6/c1-2-7-5(8)3-4-6(7)9;1-2/h3-4H,2H2,1H3;1-2H3. The average Bonchev–Trinajstić information content (AvgIpc) is 2.35. The Kier molecular flexibility index (Phi) is 4.18. The molecule has 0 spiro atoms. The molecule has 0 unspecified atom stereocenters. The van der Waals surface area contributed by atoms with Crippen LogP contribution in [0.15, 0.2) is 12.2 Å². The molecule has 0 aromatic carbocycles. The minimum atomic E-state index is -0.206. The molecule has 0 aliphatic carbocycles. The number of hydrogen-bond acceptors (Lipinski definition) is 2. The number of rotatable bonds is 1. The minimum Gasteiger partial charge on any atom is -0.276 e. The van der Waals surface area contributed by atoms with Crippen molar-refractivity contribution < 1.29 is 9.59 Å².